The van der Waals surface area contributed by atoms with Gasteiger partial charge in [-0.3, -0.25) is 4.98 Å². The number of aryl methyl sites for hydroxylation is 1. The van der Waals surface area contributed by atoms with Crippen molar-refractivity contribution in [3.8, 4) is 0 Å². The molecule has 0 amide bonds. The third-order valence-corrected chi connectivity index (χ3v) is 6.00. The van der Waals surface area contributed by atoms with Gasteiger partial charge in [0.2, 0.25) is 0 Å². The molecule has 0 radical (unpaired) electrons. The summed E-state index contributed by atoms with van der Waals surface area (Å²) < 4.78 is 2.40. The van der Waals surface area contributed by atoms with E-state index in [2.05, 4.69) is 47.5 Å². The zero-order valence-electron chi connectivity index (χ0n) is 15.4. The molecule has 0 bridgehead atoms. The van der Waals surface area contributed by atoms with E-state index in [0.29, 0.717) is 0 Å². The van der Waals surface area contributed by atoms with Crippen LogP contribution < -0.4 is 0 Å². The molecule has 0 fully saturated rings. The van der Waals surface area contributed by atoms with Crippen molar-refractivity contribution in [2.75, 3.05) is 13.6 Å². The Kier molecular flexibility index (Phi) is 4.50. The van der Waals surface area contributed by atoms with Gasteiger partial charge in [-0.2, -0.15) is 0 Å². The molecule has 1 atom stereocenters. The number of halogens is 2. The van der Waals surface area contributed by atoms with Gasteiger partial charge in [-0.25, -0.2) is 0 Å². The summed E-state index contributed by atoms with van der Waals surface area (Å²) in [5, 5.41) is 2.03. The molecular weight excluding hydrogens is 365 g/mol. The number of rotatable bonds is 3. The smallest absolute Gasteiger partial charge is 0.0849 e. The second kappa shape index (κ2) is 6.56. The summed E-state index contributed by atoms with van der Waals surface area (Å²) in [6.45, 7) is 6.90. The van der Waals surface area contributed by atoms with Gasteiger partial charge in [-0.05, 0) is 61.9 Å². The molecule has 2 aromatic heterocycles. The summed E-state index contributed by atoms with van der Waals surface area (Å²) in [4.78, 5) is 6.06. The van der Waals surface area contributed by atoms with E-state index in [-0.39, 0.29) is 0 Å². The Morgan fingerprint density at radius 2 is 2.08 bits per heavy atom. The van der Waals surface area contributed by atoms with Crippen molar-refractivity contribution in [2.45, 2.75) is 38.2 Å². The lowest BCUT2D eigenvalue weighted by Gasteiger charge is -2.29. The van der Waals surface area contributed by atoms with Gasteiger partial charge in [0, 0.05) is 60.1 Å². The molecule has 5 heteroatoms. The fourth-order valence-corrected chi connectivity index (χ4v) is 4.68. The second-order valence-electron chi connectivity index (χ2n) is 7.55. The zero-order valence-corrected chi connectivity index (χ0v) is 16.9. The van der Waals surface area contributed by atoms with Crippen molar-refractivity contribution in [1.82, 2.24) is 14.5 Å². The Hall–Kier alpha value is -1.55. The van der Waals surface area contributed by atoms with Gasteiger partial charge in [0.15, 0.2) is 0 Å². The van der Waals surface area contributed by atoms with Crippen LogP contribution in [0.3, 0.4) is 0 Å². The van der Waals surface area contributed by atoms with Gasteiger partial charge in [0.05, 0.1) is 4.87 Å². The second-order valence-corrected chi connectivity index (χ2v) is 8.82. The van der Waals surface area contributed by atoms with Crippen molar-refractivity contribution in [3.05, 3.63) is 64.1 Å². The molecule has 0 saturated carbocycles. The minimum atomic E-state index is -0.504. The number of nitrogens with zero attached hydrogens (tertiary/aromatic N) is 3. The first kappa shape index (κ1) is 17.8. The SMILES string of the molecule is Cc1cnccc1C(C)(Cl)Cn1c2c(c3cc(Cl)ccc31)CN(C)CC2. The molecule has 0 aliphatic carbocycles. The minimum absolute atomic E-state index is 0.504. The average molecular weight is 388 g/mol. The maximum absolute atomic E-state index is 7.08. The Morgan fingerprint density at radius 1 is 1.27 bits per heavy atom. The molecule has 1 unspecified atom stereocenters. The van der Waals surface area contributed by atoms with E-state index < -0.39 is 4.87 Å². The van der Waals surface area contributed by atoms with E-state index in [1.165, 1.54) is 22.2 Å². The van der Waals surface area contributed by atoms with Crippen molar-refractivity contribution in [1.29, 1.82) is 0 Å². The Balaban J connectivity index is 1.86. The predicted octanol–water partition coefficient (Wildman–Crippen LogP) is 5.14. The molecule has 0 spiro atoms. The van der Waals surface area contributed by atoms with Gasteiger partial charge in [-0.15, -0.1) is 11.6 Å². The van der Waals surface area contributed by atoms with Crippen LogP contribution >= 0.6 is 23.2 Å². The van der Waals surface area contributed by atoms with Gasteiger partial charge in [-0.1, -0.05) is 11.6 Å². The van der Waals surface area contributed by atoms with Gasteiger partial charge >= 0.3 is 0 Å². The number of benzene rings is 1. The fourth-order valence-electron chi connectivity index (χ4n) is 4.18. The van der Waals surface area contributed by atoms with Crippen molar-refractivity contribution < 1.29 is 0 Å². The van der Waals surface area contributed by atoms with E-state index in [1.807, 2.05) is 24.5 Å². The third kappa shape index (κ3) is 3.02. The number of pyridine rings is 1. The highest BCUT2D eigenvalue weighted by molar-refractivity contribution is 6.31. The maximum atomic E-state index is 7.08. The summed E-state index contributed by atoms with van der Waals surface area (Å²) in [7, 11) is 2.17. The van der Waals surface area contributed by atoms with Gasteiger partial charge < -0.3 is 9.47 Å². The highest BCUT2D eigenvalue weighted by atomic mass is 35.5. The van der Waals surface area contributed by atoms with E-state index in [4.69, 9.17) is 23.2 Å². The molecule has 0 N–H and O–H groups in total. The summed E-state index contributed by atoms with van der Waals surface area (Å²) in [6.07, 6.45) is 4.73. The van der Waals surface area contributed by atoms with Crippen LogP contribution in [-0.4, -0.2) is 28.0 Å². The highest BCUT2D eigenvalue weighted by Gasteiger charge is 2.30. The lowest BCUT2D eigenvalue weighted by molar-refractivity contribution is 0.308. The van der Waals surface area contributed by atoms with Crippen molar-refractivity contribution in [3.63, 3.8) is 0 Å². The monoisotopic (exact) mass is 387 g/mol. The molecule has 1 aliphatic rings. The first-order chi connectivity index (χ1) is 12.4. The maximum Gasteiger partial charge on any atom is 0.0849 e. The molecule has 1 aromatic carbocycles. The van der Waals surface area contributed by atoms with Crippen LogP contribution in [0.1, 0.15) is 29.3 Å². The number of hydrogen-bond donors (Lipinski definition) is 0. The van der Waals surface area contributed by atoms with Crippen LogP contribution in [0.2, 0.25) is 5.02 Å². The van der Waals surface area contributed by atoms with Crippen LogP contribution in [0.15, 0.2) is 36.7 Å². The van der Waals surface area contributed by atoms with E-state index in [9.17, 15) is 0 Å². The van der Waals surface area contributed by atoms with Gasteiger partial charge in [0.1, 0.15) is 0 Å². The Labute approximate surface area is 164 Å². The molecule has 0 saturated heterocycles. The summed E-state index contributed by atoms with van der Waals surface area (Å²) in [5.74, 6) is 0. The quantitative estimate of drug-likeness (QED) is 0.580. The summed E-state index contributed by atoms with van der Waals surface area (Å²) in [6, 6.07) is 8.22. The summed E-state index contributed by atoms with van der Waals surface area (Å²) >= 11 is 13.4. The average Bonchev–Trinajstić information content (AvgIpc) is 2.87. The molecule has 26 heavy (non-hydrogen) atoms. The molecule has 1 aliphatic heterocycles. The number of alkyl halides is 1. The predicted molar refractivity (Wildman–Crippen MR) is 109 cm³/mol. The van der Waals surface area contributed by atoms with Crippen LogP contribution in [0, 0.1) is 6.92 Å². The first-order valence-corrected chi connectivity index (χ1v) is 9.70. The van der Waals surface area contributed by atoms with Crippen LogP contribution in [-0.2, 0) is 24.4 Å². The lowest BCUT2D eigenvalue weighted by Crippen LogP contribution is -2.29. The highest BCUT2D eigenvalue weighted by Crippen LogP contribution is 2.38. The lowest BCUT2D eigenvalue weighted by atomic mass is 9.97. The normalized spacial score (nSPS) is 17.3. The van der Waals surface area contributed by atoms with Gasteiger partial charge in [0.25, 0.3) is 0 Å². The Bertz CT molecular complexity index is 975. The Morgan fingerprint density at radius 3 is 2.85 bits per heavy atom. The topological polar surface area (TPSA) is 21.1 Å². The minimum Gasteiger partial charge on any atom is -0.342 e. The van der Waals surface area contributed by atoms with E-state index >= 15 is 0 Å². The molecule has 3 aromatic rings. The van der Waals surface area contributed by atoms with Crippen molar-refractivity contribution >= 4 is 34.1 Å². The van der Waals surface area contributed by atoms with E-state index in [1.54, 1.807) is 0 Å². The molecule has 136 valence electrons. The zero-order chi connectivity index (χ0) is 18.5. The number of hydrogen-bond acceptors (Lipinski definition) is 2. The van der Waals surface area contributed by atoms with E-state index in [0.717, 1.165) is 42.2 Å². The van der Waals surface area contributed by atoms with Crippen LogP contribution in [0.25, 0.3) is 10.9 Å². The third-order valence-electron chi connectivity index (χ3n) is 5.44. The number of fused-ring (bicyclic) bond motifs is 3. The largest absolute Gasteiger partial charge is 0.342 e. The molecule has 3 heterocycles. The standard InChI is InChI=1S/C21H23Cl2N3/c1-14-11-24-8-6-18(14)21(2,23)13-26-19-5-4-15(22)10-16(19)17-12-25(3)9-7-20(17)26/h4-6,8,10-11H,7,9,12-13H2,1-3H3. The molecular formula is C21H23Cl2N3. The summed E-state index contributed by atoms with van der Waals surface area (Å²) in [5.41, 5.74) is 6.24. The van der Waals surface area contributed by atoms with Crippen molar-refractivity contribution in [2.24, 2.45) is 0 Å². The number of aromatic nitrogens is 2. The van der Waals surface area contributed by atoms with Crippen LogP contribution in [0.4, 0.5) is 0 Å². The van der Waals surface area contributed by atoms with Crippen LogP contribution in [0.5, 0.6) is 0 Å². The molecule has 4 rings (SSSR count). The number of likely N-dealkylation sites (N-methyl/N-ethyl adjacent to an activating group) is 1. The fraction of sp³-hybridized carbons (Fsp3) is 0.381. The first-order valence-electron chi connectivity index (χ1n) is 8.95. The molecule has 3 nitrogen and oxygen atoms in total.